The van der Waals surface area contributed by atoms with Crippen molar-refractivity contribution in [3.05, 3.63) is 77.4 Å². The number of hydrogen-bond donors (Lipinski definition) is 1. The zero-order valence-corrected chi connectivity index (χ0v) is 17.3. The van der Waals surface area contributed by atoms with Gasteiger partial charge in [0.2, 0.25) is 5.82 Å². The van der Waals surface area contributed by atoms with Gasteiger partial charge in [-0.25, -0.2) is 4.39 Å². The van der Waals surface area contributed by atoms with Crippen LogP contribution in [-0.2, 0) is 26.1 Å². The summed E-state index contributed by atoms with van der Waals surface area (Å²) >= 11 is 0. The molecule has 1 aromatic carbocycles. The number of piperidine rings is 1. The predicted octanol–water partition coefficient (Wildman–Crippen LogP) is 2.58. The zero-order chi connectivity index (χ0) is 21.3. The average Bonchev–Trinajstić information content (AvgIpc) is 3.32. The Labute approximate surface area is 180 Å². The number of pyridine rings is 1. The molecule has 2 aliphatic heterocycles. The molecule has 31 heavy (non-hydrogen) atoms. The van der Waals surface area contributed by atoms with Crippen LogP contribution < -0.4 is 5.32 Å². The maximum absolute atomic E-state index is 13.5. The van der Waals surface area contributed by atoms with E-state index in [1.165, 1.54) is 6.07 Å². The number of halogens is 1. The van der Waals surface area contributed by atoms with E-state index in [1.54, 1.807) is 24.5 Å². The van der Waals surface area contributed by atoms with Crippen molar-refractivity contribution < 1.29 is 9.18 Å². The highest BCUT2D eigenvalue weighted by Crippen LogP contribution is 2.41. The predicted molar refractivity (Wildman–Crippen MR) is 112 cm³/mol. The van der Waals surface area contributed by atoms with E-state index in [4.69, 9.17) is 0 Å². The van der Waals surface area contributed by atoms with Crippen LogP contribution in [0.4, 0.5) is 4.39 Å². The van der Waals surface area contributed by atoms with Crippen LogP contribution in [0.2, 0.25) is 0 Å². The Bertz CT molecular complexity index is 1070. The molecule has 5 rings (SSSR count). The summed E-state index contributed by atoms with van der Waals surface area (Å²) in [4.78, 5) is 19.1. The molecule has 160 valence electrons. The lowest BCUT2D eigenvalue weighted by Gasteiger charge is -2.39. The Morgan fingerprint density at radius 1 is 1.10 bits per heavy atom. The number of aromatic nitrogens is 4. The van der Waals surface area contributed by atoms with Crippen molar-refractivity contribution in [3.63, 3.8) is 0 Å². The van der Waals surface area contributed by atoms with Gasteiger partial charge in [-0.05, 0) is 66.7 Å². The number of carbonyl (C=O) groups excluding carboxylic acids is 1. The number of rotatable bonds is 5. The zero-order valence-electron chi connectivity index (χ0n) is 17.3. The molecule has 1 fully saturated rings. The Morgan fingerprint density at radius 2 is 1.90 bits per heavy atom. The topological polar surface area (TPSA) is 75.9 Å². The Hall–Kier alpha value is -3.13. The highest BCUT2D eigenvalue weighted by atomic mass is 19.1. The van der Waals surface area contributed by atoms with Crippen molar-refractivity contribution in [2.75, 3.05) is 13.1 Å². The number of hydrogen-bond acceptors (Lipinski definition) is 5. The van der Waals surface area contributed by atoms with Gasteiger partial charge in [-0.2, -0.15) is 0 Å². The van der Waals surface area contributed by atoms with Gasteiger partial charge < -0.3 is 9.88 Å². The first-order valence-corrected chi connectivity index (χ1v) is 10.7. The molecule has 0 aliphatic carbocycles. The largest absolute Gasteiger partial charge is 0.345 e. The lowest BCUT2D eigenvalue weighted by molar-refractivity contribution is 0.0899. The quantitative estimate of drug-likeness (QED) is 0.687. The molecule has 0 bridgehead atoms. The normalized spacial score (nSPS) is 17.6. The summed E-state index contributed by atoms with van der Waals surface area (Å²) in [6, 6.07) is 10.6. The van der Waals surface area contributed by atoms with Crippen molar-refractivity contribution >= 4 is 5.91 Å². The molecule has 0 radical (unpaired) electrons. The summed E-state index contributed by atoms with van der Waals surface area (Å²) in [7, 11) is 0. The highest BCUT2D eigenvalue weighted by Gasteiger charge is 2.42. The maximum Gasteiger partial charge on any atom is 0.289 e. The van der Waals surface area contributed by atoms with Crippen LogP contribution >= 0.6 is 0 Å². The van der Waals surface area contributed by atoms with Crippen molar-refractivity contribution in [2.24, 2.45) is 5.41 Å². The van der Waals surface area contributed by atoms with Crippen LogP contribution in [0.5, 0.6) is 0 Å². The number of carbonyl (C=O) groups is 1. The summed E-state index contributed by atoms with van der Waals surface area (Å²) in [5, 5.41) is 11.4. The third-order valence-electron chi connectivity index (χ3n) is 6.47. The van der Waals surface area contributed by atoms with E-state index >= 15 is 0 Å². The number of nitrogens with zero attached hydrogens (tertiary/aromatic N) is 5. The van der Waals surface area contributed by atoms with Gasteiger partial charge in [0.25, 0.3) is 5.91 Å². The Kier molecular flexibility index (Phi) is 5.23. The smallest absolute Gasteiger partial charge is 0.289 e. The number of amides is 1. The molecule has 0 atom stereocenters. The van der Waals surface area contributed by atoms with Crippen LogP contribution in [0.1, 0.15) is 40.4 Å². The molecule has 3 aromatic rings. The second-order valence-electron chi connectivity index (χ2n) is 8.65. The van der Waals surface area contributed by atoms with Crippen molar-refractivity contribution in [3.8, 4) is 0 Å². The van der Waals surface area contributed by atoms with Gasteiger partial charge in [-0.15, -0.1) is 10.2 Å². The van der Waals surface area contributed by atoms with Gasteiger partial charge in [-0.1, -0.05) is 12.1 Å². The first kappa shape index (κ1) is 19.8. The van der Waals surface area contributed by atoms with Gasteiger partial charge >= 0.3 is 0 Å². The summed E-state index contributed by atoms with van der Waals surface area (Å²) < 4.78 is 15.5. The number of likely N-dealkylation sites (tertiary alicyclic amines) is 1. The first-order chi connectivity index (χ1) is 15.1. The van der Waals surface area contributed by atoms with E-state index in [0.717, 1.165) is 62.4 Å². The van der Waals surface area contributed by atoms with Crippen LogP contribution in [0, 0.1) is 11.2 Å². The first-order valence-electron chi connectivity index (χ1n) is 10.7. The average molecular weight is 420 g/mol. The number of benzene rings is 1. The molecule has 1 saturated heterocycles. The van der Waals surface area contributed by atoms with E-state index in [0.29, 0.717) is 12.4 Å². The summed E-state index contributed by atoms with van der Waals surface area (Å²) in [6.07, 6.45) is 6.33. The van der Waals surface area contributed by atoms with Crippen LogP contribution in [0.15, 0.2) is 48.8 Å². The molecular formula is C23H25FN6O. The van der Waals surface area contributed by atoms with Gasteiger partial charge in [0, 0.05) is 38.4 Å². The molecule has 8 heteroatoms. The molecular weight excluding hydrogens is 395 g/mol. The Morgan fingerprint density at radius 3 is 2.68 bits per heavy atom. The van der Waals surface area contributed by atoms with E-state index in [1.807, 2.05) is 22.8 Å². The molecule has 4 heterocycles. The van der Waals surface area contributed by atoms with Gasteiger partial charge in [0.05, 0.1) is 0 Å². The maximum atomic E-state index is 13.5. The molecule has 1 amide bonds. The van der Waals surface area contributed by atoms with E-state index in [2.05, 4.69) is 25.4 Å². The van der Waals surface area contributed by atoms with Crippen LogP contribution in [-0.4, -0.2) is 43.6 Å². The highest BCUT2D eigenvalue weighted by molar-refractivity contribution is 5.90. The minimum atomic E-state index is -0.198. The summed E-state index contributed by atoms with van der Waals surface area (Å²) in [5.41, 5.74) is 2.13. The van der Waals surface area contributed by atoms with Crippen molar-refractivity contribution in [2.45, 2.75) is 38.9 Å². The minimum Gasteiger partial charge on any atom is -0.345 e. The molecule has 0 saturated carbocycles. The molecule has 2 aliphatic rings. The third-order valence-corrected chi connectivity index (χ3v) is 6.47. The fourth-order valence-corrected chi connectivity index (χ4v) is 4.70. The lowest BCUT2D eigenvalue weighted by Crippen LogP contribution is -2.41. The van der Waals surface area contributed by atoms with Gasteiger partial charge in [-0.3, -0.25) is 14.7 Å². The second kappa shape index (κ2) is 8.19. The monoisotopic (exact) mass is 420 g/mol. The SMILES string of the molecule is O=C(NCc1ccncc1)c1nnc2n1CC1(CCN(Cc3cccc(F)c3)CC1)C2. The summed E-state index contributed by atoms with van der Waals surface area (Å²) in [5.74, 6) is 0.904. The lowest BCUT2D eigenvalue weighted by atomic mass is 9.77. The van der Waals surface area contributed by atoms with E-state index in [9.17, 15) is 9.18 Å². The summed E-state index contributed by atoms with van der Waals surface area (Å²) in [6.45, 7) is 3.89. The van der Waals surface area contributed by atoms with Crippen LogP contribution in [0.25, 0.3) is 0 Å². The third kappa shape index (κ3) is 4.20. The molecule has 1 N–H and O–H groups in total. The second-order valence-corrected chi connectivity index (χ2v) is 8.65. The van der Waals surface area contributed by atoms with Crippen LogP contribution in [0.3, 0.4) is 0 Å². The number of nitrogens with one attached hydrogen (secondary N) is 1. The van der Waals surface area contributed by atoms with Gasteiger partial charge in [0.1, 0.15) is 11.6 Å². The molecule has 0 unspecified atom stereocenters. The van der Waals surface area contributed by atoms with Crippen molar-refractivity contribution in [1.82, 2.24) is 30.0 Å². The molecule has 7 nitrogen and oxygen atoms in total. The standard InChI is InChI=1S/C23H25FN6O/c24-19-3-1-2-18(12-19)15-29-10-6-23(7-11-29)13-20-27-28-21(30(20)16-23)22(31)26-14-17-4-8-25-9-5-17/h1-5,8-9,12H,6-7,10-11,13-16H2,(H,26,31). The van der Waals surface area contributed by atoms with E-state index in [-0.39, 0.29) is 17.1 Å². The molecule has 2 aromatic heterocycles. The fourth-order valence-electron chi connectivity index (χ4n) is 4.70. The van der Waals surface area contributed by atoms with E-state index < -0.39 is 0 Å². The molecule has 1 spiro atoms. The number of fused-ring (bicyclic) bond motifs is 1. The minimum absolute atomic E-state index is 0.129. The van der Waals surface area contributed by atoms with Gasteiger partial charge in [0.15, 0.2) is 0 Å². The fraction of sp³-hybridized carbons (Fsp3) is 0.391. The van der Waals surface area contributed by atoms with Crippen molar-refractivity contribution in [1.29, 1.82) is 0 Å². The Balaban J connectivity index is 1.19.